The van der Waals surface area contributed by atoms with Gasteiger partial charge in [-0.25, -0.2) is 4.98 Å². The molecule has 68 valence electrons. The molecule has 0 unspecified atom stereocenters. The molecule has 0 fully saturated rings. The summed E-state index contributed by atoms with van der Waals surface area (Å²) in [5, 5.41) is 3.66. The second kappa shape index (κ2) is 3.73. The Labute approximate surface area is 91.1 Å². The number of nitrogens with zero attached hydrogens (tertiary/aromatic N) is 3. The lowest BCUT2D eigenvalue weighted by atomic mass is 10.5. The molecule has 0 aliphatic carbocycles. The second-order valence-corrected chi connectivity index (χ2v) is 4.56. The lowest BCUT2D eigenvalue weighted by Crippen LogP contribution is -1.81. The van der Waals surface area contributed by atoms with Gasteiger partial charge in [0, 0.05) is 0 Å². The third-order valence-corrected chi connectivity index (χ3v) is 3.10. The summed E-state index contributed by atoms with van der Waals surface area (Å²) in [5.74, 6) is 1.10. The highest BCUT2D eigenvalue weighted by atomic mass is 79.9. The molecule has 13 heavy (non-hydrogen) atoms. The van der Waals surface area contributed by atoms with Crippen molar-refractivity contribution >= 4 is 38.9 Å². The Morgan fingerprint density at radius 3 is 3.00 bits per heavy atom. The van der Waals surface area contributed by atoms with E-state index in [2.05, 4.69) is 31.1 Å². The third kappa shape index (κ3) is 1.74. The summed E-state index contributed by atoms with van der Waals surface area (Å²) in [6.07, 6.45) is 0. The zero-order chi connectivity index (χ0) is 9.26. The summed E-state index contributed by atoms with van der Waals surface area (Å²) >= 11 is 10.3. The van der Waals surface area contributed by atoms with Crippen molar-refractivity contribution in [1.29, 1.82) is 0 Å². The molecule has 0 N–H and O–H groups in total. The van der Waals surface area contributed by atoms with Gasteiger partial charge in [-0.15, -0.1) is 22.9 Å². The van der Waals surface area contributed by atoms with E-state index in [4.69, 9.17) is 16.1 Å². The zero-order valence-corrected chi connectivity index (χ0v) is 9.36. The lowest BCUT2D eigenvalue weighted by Gasteiger charge is -1.85. The summed E-state index contributed by atoms with van der Waals surface area (Å²) in [7, 11) is 0. The molecule has 0 spiro atoms. The van der Waals surface area contributed by atoms with Gasteiger partial charge < -0.3 is 4.52 Å². The highest BCUT2D eigenvalue weighted by Crippen LogP contribution is 2.28. The zero-order valence-electron chi connectivity index (χ0n) is 6.20. The van der Waals surface area contributed by atoms with Crippen LogP contribution in [0.15, 0.2) is 13.8 Å². The molecular formula is C6H3BrClN3OS. The monoisotopic (exact) mass is 279 g/mol. The van der Waals surface area contributed by atoms with Crippen LogP contribution in [-0.4, -0.2) is 15.1 Å². The Morgan fingerprint density at radius 2 is 2.46 bits per heavy atom. The Bertz CT molecular complexity index is 415. The number of halogens is 2. The van der Waals surface area contributed by atoms with Gasteiger partial charge in [0.25, 0.3) is 5.89 Å². The van der Waals surface area contributed by atoms with E-state index in [1.807, 2.05) is 0 Å². The fraction of sp³-hybridized carbons (Fsp3) is 0.167. The lowest BCUT2D eigenvalue weighted by molar-refractivity contribution is 0.424. The molecular weight excluding hydrogens is 278 g/mol. The second-order valence-electron chi connectivity index (χ2n) is 2.12. The van der Waals surface area contributed by atoms with Crippen LogP contribution in [0.3, 0.4) is 0 Å². The number of rotatable bonds is 2. The average molecular weight is 281 g/mol. The smallest absolute Gasteiger partial charge is 0.278 e. The fourth-order valence-electron chi connectivity index (χ4n) is 0.776. The largest absolute Gasteiger partial charge is 0.332 e. The number of alkyl halides is 1. The van der Waals surface area contributed by atoms with Gasteiger partial charge in [-0.05, 0) is 15.9 Å². The van der Waals surface area contributed by atoms with Crippen LogP contribution in [-0.2, 0) is 5.88 Å². The molecule has 0 amide bonds. The predicted molar refractivity (Wildman–Crippen MR) is 52.7 cm³/mol. The summed E-state index contributed by atoms with van der Waals surface area (Å²) in [5.41, 5.74) is 2.36. The van der Waals surface area contributed by atoms with Crippen LogP contribution in [0.2, 0.25) is 0 Å². The maximum absolute atomic E-state index is 5.53. The maximum Gasteiger partial charge on any atom is 0.278 e. The van der Waals surface area contributed by atoms with E-state index in [1.165, 1.54) is 11.3 Å². The minimum Gasteiger partial charge on any atom is -0.332 e. The minimum absolute atomic E-state index is 0.241. The molecule has 4 nitrogen and oxygen atoms in total. The maximum atomic E-state index is 5.53. The van der Waals surface area contributed by atoms with Crippen molar-refractivity contribution in [2.75, 3.05) is 0 Å². The van der Waals surface area contributed by atoms with Crippen molar-refractivity contribution in [3.8, 4) is 11.6 Å². The Morgan fingerprint density at radius 1 is 1.62 bits per heavy atom. The van der Waals surface area contributed by atoms with E-state index < -0.39 is 0 Å². The molecule has 0 radical (unpaired) electrons. The molecule has 0 aromatic carbocycles. The van der Waals surface area contributed by atoms with Crippen molar-refractivity contribution in [2.45, 2.75) is 5.88 Å². The number of hydrogen-bond acceptors (Lipinski definition) is 5. The predicted octanol–water partition coefficient (Wildman–Crippen LogP) is 2.69. The molecule has 0 aliphatic heterocycles. The van der Waals surface area contributed by atoms with Crippen LogP contribution in [0.5, 0.6) is 0 Å². The Kier molecular flexibility index (Phi) is 2.61. The number of aromatic nitrogens is 3. The van der Waals surface area contributed by atoms with Gasteiger partial charge in [-0.2, -0.15) is 4.98 Å². The molecule has 2 rings (SSSR count). The van der Waals surface area contributed by atoms with Crippen LogP contribution < -0.4 is 0 Å². The van der Waals surface area contributed by atoms with E-state index in [0.29, 0.717) is 17.4 Å². The van der Waals surface area contributed by atoms with E-state index >= 15 is 0 Å². The van der Waals surface area contributed by atoms with Crippen LogP contribution in [0.1, 0.15) is 5.82 Å². The molecule has 0 aliphatic rings. The van der Waals surface area contributed by atoms with Gasteiger partial charge in [0.1, 0.15) is 3.79 Å². The summed E-state index contributed by atoms with van der Waals surface area (Å²) in [6.45, 7) is 0. The summed E-state index contributed by atoms with van der Waals surface area (Å²) in [4.78, 5) is 8.10. The number of thiazole rings is 1. The highest BCUT2D eigenvalue weighted by Gasteiger charge is 2.13. The number of hydrogen-bond donors (Lipinski definition) is 0. The molecule has 2 aromatic rings. The fourth-order valence-corrected chi connectivity index (χ4v) is 1.91. The molecule has 7 heteroatoms. The van der Waals surface area contributed by atoms with Crippen molar-refractivity contribution in [2.24, 2.45) is 0 Å². The Balaban J connectivity index is 2.41. The van der Waals surface area contributed by atoms with Crippen molar-refractivity contribution < 1.29 is 4.52 Å². The Hall–Kier alpha value is -0.460. The van der Waals surface area contributed by atoms with Gasteiger partial charge >= 0.3 is 0 Å². The van der Waals surface area contributed by atoms with Crippen LogP contribution in [0.25, 0.3) is 11.6 Å². The molecule has 2 heterocycles. The first kappa shape index (κ1) is 9.11. The third-order valence-electron chi connectivity index (χ3n) is 1.31. The van der Waals surface area contributed by atoms with Gasteiger partial charge in [0.2, 0.25) is 0 Å². The van der Waals surface area contributed by atoms with Crippen LogP contribution in [0, 0.1) is 0 Å². The topological polar surface area (TPSA) is 51.8 Å². The molecule has 0 saturated heterocycles. The average Bonchev–Trinajstić information content (AvgIpc) is 2.71. The van der Waals surface area contributed by atoms with E-state index in [1.54, 1.807) is 5.51 Å². The van der Waals surface area contributed by atoms with Crippen molar-refractivity contribution in [3.05, 3.63) is 15.1 Å². The van der Waals surface area contributed by atoms with Crippen LogP contribution in [0.4, 0.5) is 0 Å². The normalized spacial score (nSPS) is 10.6. The summed E-state index contributed by atoms with van der Waals surface area (Å²) in [6, 6.07) is 0. The molecule has 0 saturated carbocycles. The first-order valence-corrected chi connectivity index (χ1v) is 5.50. The van der Waals surface area contributed by atoms with Crippen molar-refractivity contribution in [3.63, 3.8) is 0 Å². The van der Waals surface area contributed by atoms with Gasteiger partial charge in [-0.1, -0.05) is 5.16 Å². The quantitative estimate of drug-likeness (QED) is 0.794. The van der Waals surface area contributed by atoms with Gasteiger partial charge in [0.15, 0.2) is 11.5 Å². The first-order valence-electron chi connectivity index (χ1n) is 3.29. The SMILES string of the molecule is ClCc1noc(-c2ncsc2Br)n1. The standard InChI is InChI=1S/C6H3BrClN3OS/c7-5-4(9-2-13-5)6-10-3(1-8)11-12-6/h2H,1H2. The van der Waals surface area contributed by atoms with E-state index in [9.17, 15) is 0 Å². The van der Waals surface area contributed by atoms with Crippen molar-refractivity contribution in [1.82, 2.24) is 15.1 Å². The minimum atomic E-state index is 0.241. The van der Waals surface area contributed by atoms with Gasteiger partial charge in [-0.3, -0.25) is 0 Å². The van der Waals surface area contributed by atoms with Gasteiger partial charge in [0.05, 0.1) is 11.4 Å². The molecule has 2 aromatic heterocycles. The van der Waals surface area contributed by atoms with Crippen LogP contribution >= 0.6 is 38.9 Å². The van der Waals surface area contributed by atoms with E-state index in [0.717, 1.165) is 3.79 Å². The first-order chi connectivity index (χ1) is 6.31. The highest BCUT2D eigenvalue weighted by molar-refractivity contribution is 9.11. The molecule has 0 atom stereocenters. The van der Waals surface area contributed by atoms with E-state index in [-0.39, 0.29) is 5.88 Å². The molecule has 0 bridgehead atoms. The summed E-state index contributed by atoms with van der Waals surface area (Å²) < 4.78 is 5.82.